The summed E-state index contributed by atoms with van der Waals surface area (Å²) in [5, 5.41) is 8.69. The van der Waals surface area contributed by atoms with Crippen molar-refractivity contribution in [2.45, 2.75) is 50.7 Å². The number of hydrogen-bond donors (Lipinski definition) is 0. The molecule has 1 aliphatic carbocycles. The van der Waals surface area contributed by atoms with E-state index in [9.17, 15) is 0 Å². The maximum Gasteiger partial charge on any atom is 0.183 e. The lowest BCUT2D eigenvalue weighted by Crippen LogP contribution is -2.25. The number of ether oxygens (including phenoxy) is 1. The third kappa shape index (κ3) is 2.27. The van der Waals surface area contributed by atoms with Crippen LogP contribution in [0.25, 0.3) is 11.2 Å². The van der Waals surface area contributed by atoms with Gasteiger partial charge in [-0.1, -0.05) is 16.8 Å². The lowest BCUT2D eigenvalue weighted by Gasteiger charge is -2.22. The van der Waals surface area contributed by atoms with Gasteiger partial charge in [0.2, 0.25) is 0 Å². The van der Waals surface area contributed by atoms with Crippen LogP contribution in [0.5, 0.6) is 0 Å². The molecule has 20 heavy (non-hydrogen) atoms. The highest BCUT2D eigenvalue weighted by molar-refractivity contribution is 6.33. The van der Waals surface area contributed by atoms with Crippen LogP contribution < -0.4 is 0 Å². The van der Waals surface area contributed by atoms with Crippen LogP contribution in [0.3, 0.4) is 0 Å². The first-order valence-electron chi connectivity index (χ1n) is 7.19. The minimum absolute atomic E-state index is 0.201. The van der Waals surface area contributed by atoms with E-state index in [2.05, 4.69) is 20.3 Å². The molecule has 2 aliphatic rings. The van der Waals surface area contributed by atoms with Crippen molar-refractivity contribution in [1.82, 2.24) is 25.0 Å². The maximum atomic E-state index is 6.19. The number of hydrogen-bond acceptors (Lipinski definition) is 5. The van der Waals surface area contributed by atoms with Crippen molar-refractivity contribution in [1.29, 1.82) is 0 Å². The van der Waals surface area contributed by atoms with Crippen LogP contribution in [0.1, 0.15) is 43.8 Å². The Morgan fingerprint density at radius 2 is 2.10 bits per heavy atom. The predicted molar refractivity (Wildman–Crippen MR) is 73.7 cm³/mol. The second-order valence-corrected chi connectivity index (χ2v) is 5.94. The molecule has 0 N–H and O–H groups in total. The summed E-state index contributed by atoms with van der Waals surface area (Å²) in [4.78, 5) is 8.94. The standard InChI is InChI=1S/C13H16ClN5O/c14-11-10-13(16-12(15-11)8-4-5-8)19(18-17-10)7-9-3-1-2-6-20-9/h8-9H,1-7H2. The zero-order valence-electron chi connectivity index (χ0n) is 11.1. The van der Waals surface area contributed by atoms with Crippen LogP contribution in [-0.2, 0) is 11.3 Å². The van der Waals surface area contributed by atoms with Gasteiger partial charge in [-0.3, -0.25) is 0 Å². The van der Waals surface area contributed by atoms with E-state index in [-0.39, 0.29) is 6.10 Å². The fourth-order valence-corrected chi connectivity index (χ4v) is 2.84. The van der Waals surface area contributed by atoms with Gasteiger partial charge in [0.05, 0.1) is 12.6 Å². The monoisotopic (exact) mass is 293 g/mol. The Bertz CT molecular complexity index is 633. The quantitative estimate of drug-likeness (QED) is 0.813. The van der Waals surface area contributed by atoms with E-state index in [1.165, 1.54) is 6.42 Å². The Hall–Kier alpha value is -1.27. The van der Waals surface area contributed by atoms with E-state index in [1.54, 1.807) is 0 Å². The van der Waals surface area contributed by atoms with Gasteiger partial charge in [-0.15, -0.1) is 5.10 Å². The molecule has 1 unspecified atom stereocenters. The summed E-state index contributed by atoms with van der Waals surface area (Å²) in [6.45, 7) is 1.52. The van der Waals surface area contributed by atoms with Crippen molar-refractivity contribution in [2.24, 2.45) is 0 Å². The molecule has 6 nitrogen and oxygen atoms in total. The smallest absolute Gasteiger partial charge is 0.183 e. The highest BCUT2D eigenvalue weighted by atomic mass is 35.5. The fourth-order valence-electron chi connectivity index (χ4n) is 2.63. The second-order valence-electron chi connectivity index (χ2n) is 5.58. The largest absolute Gasteiger partial charge is 0.376 e. The number of rotatable bonds is 3. The van der Waals surface area contributed by atoms with Crippen LogP contribution in [-0.4, -0.2) is 37.7 Å². The Morgan fingerprint density at radius 3 is 2.85 bits per heavy atom. The lowest BCUT2D eigenvalue weighted by molar-refractivity contribution is 0.00433. The molecule has 0 aromatic carbocycles. The molecule has 2 fully saturated rings. The third-order valence-electron chi connectivity index (χ3n) is 3.93. The van der Waals surface area contributed by atoms with E-state index >= 15 is 0 Å². The van der Waals surface area contributed by atoms with Crippen LogP contribution >= 0.6 is 11.6 Å². The number of aromatic nitrogens is 5. The summed E-state index contributed by atoms with van der Waals surface area (Å²) < 4.78 is 7.57. The first kappa shape index (κ1) is 12.5. The maximum absolute atomic E-state index is 6.19. The van der Waals surface area contributed by atoms with Crippen molar-refractivity contribution in [3.8, 4) is 0 Å². The molecular weight excluding hydrogens is 278 g/mol. The van der Waals surface area contributed by atoms with Crippen LogP contribution in [0.4, 0.5) is 0 Å². The van der Waals surface area contributed by atoms with Crippen molar-refractivity contribution in [2.75, 3.05) is 6.61 Å². The van der Waals surface area contributed by atoms with Crippen molar-refractivity contribution in [3.05, 3.63) is 11.0 Å². The molecule has 1 atom stereocenters. The molecule has 0 amide bonds. The van der Waals surface area contributed by atoms with E-state index < -0.39 is 0 Å². The molecule has 4 rings (SSSR count). The molecule has 1 saturated carbocycles. The number of fused-ring (bicyclic) bond motifs is 1. The Balaban J connectivity index is 1.67. The Labute approximate surface area is 121 Å². The minimum atomic E-state index is 0.201. The molecule has 0 bridgehead atoms. The van der Waals surface area contributed by atoms with Crippen LogP contribution in [0.15, 0.2) is 0 Å². The molecule has 0 radical (unpaired) electrons. The zero-order chi connectivity index (χ0) is 13.5. The molecule has 7 heteroatoms. The van der Waals surface area contributed by atoms with Crippen molar-refractivity contribution >= 4 is 22.8 Å². The Morgan fingerprint density at radius 1 is 1.20 bits per heavy atom. The summed E-state index contributed by atoms with van der Waals surface area (Å²) >= 11 is 6.19. The van der Waals surface area contributed by atoms with Crippen LogP contribution in [0.2, 0.25) is 5.15 Å². The van der Waals surface area contributed by atoms with E-state index in [4.69, 9.17) is 16.3 Å². The fraction of sp³-hybridized carbons (Fsp3) is 0.692. The van der Waals surface area contributed by atoms with Crippen molar-refractivity contribution in [3.63, 3.8) is 0 Å². The van der Waals surface area contributed by atoms with E-state index in [0.29, 0.717) is 23.1 Å². The highest BCUT2D eigenvalue weighted by Crippen LogP contribution is 2.39. The van der Waals surface area contributed by atoms with E-state index in [1.807, 2.05) is 4.68 Å². The average Bonchev–Trinajstić information content (AvgIpc) is 3.24. The average molecular weight is 294 g/mol. The van der Waals surface area contributed by atoms with Crippen LogP contribution in [0, 0.1) is 0 Å². The predicted octanol–water partition coefficient (Wildman–Crippen LogP) is 2.32. The molecule has 1 aliphatic heterocycles. The normalized spacial score (nSPS) is 23.4. The SMILES string of the molecule is Clc1nc(C2CC2)nc2c1nnn2CC1CCCCO1. The number of nitrogens with zero attached hydrogens (tertiary/aromatic N) is 5. The molecule has 0 spiro atoms. The van der Waals surface area contributed by atoms with Gasteiger partial charge < -0.3 is 4.74 Å². The van der Waals surface area contributed by atoms with Gasteiger partial charge in [0, 0.05) is 12.5 Å². The summed E-state index contributed by atoms with van der Waals surface area (Å²) in [6.07, 6.45) is 5.92. The molecule has 2 aromatic heterocycles. The zero-order valence-corrected chi connectivity index (χ0v) is 11.9. The first-order chi connectivity index (χ1) is 9.81. The molecular formula is C13H16ClN5O. The summed E-state index contributed by atoms with van der Waals surface area (Å²) in [5.41, 5.74) is 1.33. The molecule has 1 saturated heterocycles. The van der Waals surface area contributed by atoms with Gasteiger partial charge in [0.1, 0.15) is 5.82 Å². The van der Waals surface area contributed by atoms with Gasteiger partial charge in [0.15, 0.2) is 16.3 Å². The summed E-state index contributed by atoms with van der Waals surface area (Å²) in [7, 11) is 0. The van der Waals surface area contributed by atoms with Gasteiger partial charge >= 0.3 is 0 Å². The Kier molecular flexibility index (Phi) is 3.07. The summed E-state index contributed by atoms with van der Waals surface area (Å²) in [6, 6.07) is 0. The lowest BCUT2D eigenvalue weighted by atomic mass is 10.1. The molecule has 2 aromatic rings. The second kappa shape index (κ2) is 4.93. The third-order valence-corrected chi connectivity index (χ3v) is 4.19. The highest BCUT2D eigenvalue weighted by Gasteiger charge is 2.28. The van der Waals surface area contributed by atoms with E-state index in [0.717, 1.165) is 43.8 Å². The topological polar surface area (TPSA) is 65.7 Å². The van der Waals surface area contributed by atoms with Crippen molar-refractivity contribution < 1.29 is 4.74 Å². The van der Waals surface area contributed by atoms with Gasteiger partial charge in [-0.05, 0) is 32.1 Å². The van der Waals surface area contributed by atoms with Gasteiger partial charge in [0.25, 0.3) is 0 Å². The minimum Gasteiger partial charge on any atom is -0.376 e. The first-order valence-corrected chi connectivity index (χ1v) is 7.57. The molecule has 3 heterocycles. The molecule has 106 valence electrons. The van der Waals surface area contributed by atoms with Gasteiger partial charge in [-0.25, -0.2) is 14.6 Å². The summed E-state index contributed by atoms with van der Waals surface area (Å²) in [5.74, 6) is 1.29. The van der Waals surface area contributed by atoms with Gasteiger partial charge in [-0.2, -0.15) is 0 Å². The number of halogens is 1.